The molecule has 3 aromatic carbocycles. The van der Waals surface area contributed by atoms with E-state index in [0.29, 0.717) is 11.5 Å². The van der Waals surface area contributed by atoms with Crippen LogP contribution in [0.15, 0.2) is 90.6 Å². The van der Waals surface area contributed by atoms with E-state index in [-0.39, 0.29) is 5.82 Å². The van der Waals surface area contributed by atoms with Crippen molar-refractivity contribution in [2.75, 3.05) is 5.32 Å². The number of anilines is 2. The van der Waals surface area contributed by atoms with Crippen LogP contribution in [0.4, 0.5) is 15.9 Å². The number of thiophene rings is 1. The number of nitrogens with zero attached hydrogens (tertiary/aromatic N) is 2. The van der Waals surface area contributed by atoms with Gasteiger partial charge in [0.2, 0.25) is 0 Å². The molecular formula is C24H16FN3S. The van der Waals surface area contributed by atoms with Gasteiger partial charge in [-0.1, -0.05) is 60.7 Å². The molecule has 0 fully saturated rings. The van der Waals surface area contributed by atoms with E-state index in [1.165, 1.54) is 29.6 Å². The Kier molecular flexibility index (Phi) is 4.50. The third-order valence-corrected chi connectivity index (χ3v) is 5.65. The second-order valence-electron chi connectivity index (χ2n) is 6.63. The number of fused-ring (bicyclic) bond motifs is 1. The minimum Gasteiger partial charge on any atom is -0.339 e. The summed E-state index contributed by atoms with van der Waals surface area (Å²) in [4.78, 5) is 9.71. The van der Waals surface area contributed by atoms with E-state index in [2.05, 4.69) is 57.1 Å². The van der Waals surface area contributed by atoms with Crippen LogP contribution in [-0.4, -0.2) is 9.97 Å². The highest BCUT2D eigenvalue weighted by Gasteiger charge is 2.13. The second kappa shape index (κ2) is 7.45. The highest BCUT2D eigenvalue weighted by atomic mass is 32.1. The zero-order valence-electron chi connectivity index (χ0n) is 15.3. The Labute approximate surface area is 171 Å². The lowest BCUT2D eigenvalue weighted by molar-refractivity contribution is 0.628. The van der Waals surface area contributed by atoms with Crippen molar-refractivity contribution in [1.29, 1.82) is 0 Å². The summed E-state index contributed by atoms with van der Waals surface area (Å²) in [5, 5.41) is 6.27. The van der Waals surface area contributed by atoms with Gasteiger partial charge in [0, 0.05) is 16.6 Å². The van der Waals surface area contributed by atoms with Crippen LogP contribution in [0, 0.1) is 5.82 Å². The molecule has 0 radical (unpaired) electrons. The number of halogens is 1. The highest BCUT2D eigenvalue weighted by Crippen LogP contribution is 2.38. The Morgan fingerprint density at radius 2 is 1.52 bits per heavy atom. The van der Waals surface area contributed by atoms with Gasteiger partial charge in [-0.15, -0.1) is 11.3 Å². The van der Waals surface area contributed by atoms with Gasteiger partial charge >= 0.3 is 0 Å². The first-order valence-corrected chi connectivity index (χ1v) is 10.1. The predicted octanol–water partition coefficient (Wildman–Crippen LogP) is 6.91. The number of rotatable bonds is 4. The predicted molar refractivity (Wildman–Crippen MR) is 118 cm³/mol. The van der Waals surface area contributed by atoms with E-state index in [9.17, 15) is 4.39 Å². The van der Waals surface area contributed by atoms with Crippen molar-refractivity contribution in [2.24, 2.45) is 0 Å². The van der Waals surface area contributed by atoms with E-state index in [4.69, 9.17) is 0 Å². The molecule has 0 saturated carbocycles. The van der Waals surface area contributed by atoms with Crippen LogP contribution in [0.3, 0.4) is 0 Å². The molecule has 0 saturated heterocycles. The van der Waals surface area contributed by atoms with Crippen molar-refractivity contribution in [3.63, 3.8) is 0 Å². The molecule has 0 aliphatic rings. The van der Waals surface area contributed by atoms with Crippen LogP contribution < -0.4 is 5.32 Å². The Balaban J connectivity index is 1.55. The molecule has 0 atom stereocenters. The third kappa shape index (κ3) is 3.48. The van der Waals surface area contributed by atoms with Crippen LogP contribution in [0.25, 0.3) is 32.5 Å². The molecule has 0 spiro atoms. The molecule has 0 aliphatic heterocycles. The van der Waals surface area contributed by atoms with Crippen molar-refractivity contribution in [3.8, 4) is 22.3 Å². The van der Waals surface area contributed by atoms with Crippen LogP contribution in [0.2, 0.25) is 0 Å². The van der Waals surface area contributed by atoms with Crippen LogP contribution in [0.5, 0.6) is 0 Å². The molecule has 0 aliphatic carbocycles. The summed E-state index contributed by atoms with van der Waals surface area (Å²) >= 11 is 1.57. The fourth-order valence-corrected chi connectivity index (χ4v) is 4.27. The third-order valence-electron chi connectivity index (χ3n) is 4.76. The molecule has 0 bridgehead atoms. The summed E-state index contributed by atoms with van der Waals surface area (Å²) in [5.74, 6) is 0.381. The zero-order chi connectivity index (χ0) is 19.6. The average molecular weight is 397 g/mol. The van der Waals surface area contributed by atoms with Gasteiger partial charge in [0.05, 0.1) is 5.39 Å². The van der Waals surface area contributed by atoms with Crippen molar-refractivity contribution in [1.82, 2.24) is 9.97 Å². The maximum absolute atomic E-state index is 13.6. The van der Waals surface area contributed by atoms with Gasteiger partial charge in [-0.3, -0.25) is 0 Å². The summed E-state index contributed by atoms with van der Waals surface area (Å²) in [5.41, 5.74) is 5.16. The average Bonchev–Trinajstić information content (AvgIpc) is 3.20. The van der Waals surface area contributed by atoms with Gasteiger partial charge in [-0.2, -0.15) is 0 Å². The first kappa shape index (κ1) is 17.5. The lowest BCUT2D eigenvalue weighted by atomic mass is 10.0. The van der Waals surface area contributed by atoms with E-state index in [1.54, 1.807) is 17.4 Å². The maximum atomic E-state index is 13.6. The Bertz CT molecular complexity index is 1280. The molecule has 29 heavy (non-hydrogen) atoms. The molecule has 1 N–H and O–H groups in total. The minimum absolute atomic E-state index is 0.289. The van der Waals surface area contributed by atoms with E-state index >= 15 is 0 Å². The maximum Gasteiger partial charge on any atom is 0.143 e. The number of aromatic nitrogens is 2. The molecule has 0 amide bonds. The summed E-state index contributed by atoms with van der Waals surface area (Å²) in [6.45, 7) is 0. The Morgan fingerprint density at radius 1 is 0.759 bits per heavy atom. The van der Waals surface area contributed by atoms with Crippen molar-refractivity contribution >= 4 is 33.1 Å². The van der Waals surface area contributed by atoms with Gasteiger partial charge in [-0.25, -0.2) is 14.4 Å². The molecule has 5 rings (SSSR count). The SMILES string of the molecule is Fc1cccc(Nc2ncnc3scc(-c4ccc(-c5ccccc5)cc4)c23)c1. The fourth-order valence-electron chi connectivity index (χ4n) is 3.36. The number of hydrogen-bond acceptors (Lipinski definition) is 4. The Morgan fingerprint density at radius 3 is 2.31 bits per heavy atom. The number of nitrogens with one attached hydrogen (secondary N) is 1. The van der Waals surface area contributed by atoms with Gasteiger partial charge in [0.1, 0.15) is 22.8 Å². The monoisotopic (exact) mass is 397 g/mol. The minimum atomic E-state index is -0.289. The largest absolute Gasteiger partial charge is 0.339 e. The quantitative estimate of drug-likeness (QED) is 0.358. The topological polar surface area (TPSA) is 37.8 Å². The van der Waals surface area contributed by atoms with Crippen molar-refractivity contribution < 1.29 is 4.39 Å². The standard InChI is InChI=1S/C24H16FN3S/c25-19-7-4-8-20(13-19)28-23-22-21(14-29-24(22)27-15-26-23)18-11-9-17(10-12-18)16-5-2-1-3-6-16/h1-15H,(H,26,27,28). The first-order chi connectivity index (χ1) is 14.3. The second-order valence-corrected chi connectivity index (χ2v) is 7.49. The summed E-state index contributed by atoms with van der Waals surface area (Å²) in [7, 11) is 0. The molecule has 5 heteroatoms. The van der Waals surface area contributed by atoms with E-state index in [0.717, 1.165) is 21.3 Å². The molecular weight excluding hydrogens is 381 g/mol. The molecule has 2 heterocycles. The van der Waals surface area contributed by atoms with Crippen LogP contribution >= 0.6 is 11.3 Å². The first-order valence-electron chi connectivity index (χ1n) is 9.18. The zero-order valence-corrected chi connectivity index (χ0v) is 16.2. The molecule has 140 valence electrons. The van der Waals surface area contributed by atoms with Crippen molar-refractivity contribution in [2.45, 2.75) is 0 Å². The summed E-state index contributed by atoms with van der Waals surface area (Å²) in [6.07, 6.45) is 1.53. The van der Waals surface area contributed by atoms with Crippen LogP contribution in [-0.2, 0) is 0 Å². The van der Waals surface area contributed by atoms with Crippen LogP contribution in [0.1, 0.15) is 0 Å². The summed E-state index contributed by atoms with van der Waals surface area (Å²) < 4.78 is 13.6. The smallest absolute Gasteiger partial charge is 0.143 e. The molecule has 0 unspecified atom stereocenters. The van der Waals surface area contributed by atoms with Gasteiger partial charge in [0.15, 0.2) is 0 Å². The fraction of sp³-hybridized carbons (Fsp3) is 0. The number of hydrogen-bond donors (Lipinski definition) is 1. The van der Waals surface area contributed by atoms with E-state index in [1.807, 2.05) is 24.3 Å². The highest BCUT2D eigenvalue weighted by molar-refractivity contribution is 7.17. The summed E-state index contributed by atoms with van der Waals surface area (Å²) in [6, 6.07) is 25.1. The van der Waals surface area contributed by atoms with Crippen molar-refractivity contribution in [3.05, 3.63) is 96.4 Å². The molecule has 5 aromatic rings. The molecule has 2 aromatic heterocycles. The lowest BCUT2D eigenvalue weighted by Crippen LogP contribution is -1.96. The lowest BCUT2D eigenvalue weighted by Gasteiger charge is -2.09. The van der Waals surface area contributed by atoms with Gasteiger partial charge in [-0.05, 0) is 34.9 Å². The van der Waals surface area contributed by atoms with E-state index < -0.39 is 0 Å². The number of benzene rings is 3. The Hall–Kier alpha value is -3.57. The van der Waals surface area contributed by atoms with Gasteiger partial charge < -0.3 is 5.32 Å². The van der Waals surface area contributed by atoms with Gasteiger partial charge in [0.25, 0.3) is 0 Å². The normalized spacial score (nSPS) is 10.9. The molecule has 3 nitrogen and oxygen atoms in total.